The van der Waals surface area contributed by atoms with Gasteiger partial charge in [0, 0.05) is 12.6 Å². The lowest BCUT2D eigenvalue weighted by molar-refractivity contribution is 0.134. The first-order valence-corrected chi connectivity index (χ1v) is 8.59. The molecule has 5 heteroatoms. The van der Waals surface area contributed by atoms with Crippen LogP contribution >= 0.6 is 0 Å². The topological polar surface area (TPSA) is 63.4 Å². The Morgan fingerprint density at radius 3 is 2.22 bits per heavy atom. The average Bonchev–Trinajstić information content (AvgIpc) is 2.17. The second-order valence-electron chi connectivity index (χ2n) is 6.19. The minimum Gasteiger partial charge on any atom is -0.330 e. The predicted molar refractivity (Wildman–Crippen MR) is 76.4 cm³/mol. The molecule has 0 aromatic carbocycles. The Morgan fingerprint density at radius 1 is 1.22 bits per heavy atom. The lowest BCUT2D eigenvalue weighted by Crippen LogP contribution is -2.45. The standard InChI is InChI=1S/C13H28N2O2S/c1-13(2,3)18(16,17)11-10-15(9-5-8-14)12-6-4-7-12/h12H,4-11,14H2,1-3H3. The highest BCUT2D eigenvalue weighted by Crippen LogP contribution is 2.25. The maximum atomic E-state index is 12.1. The summed E-state index contributed by atoms with van der Waals surface area (Å²) >= 11 is 0. The maximum Gasteiger partial charge on any atom is 0.156 e. The van der Waals surface area contributed by atoms with E-state index < -0.39 is 14.6 Å². The van der Waals surface area contributed by atoms with E-state index in [9.17, 15) is 8.42 Å². The molecular formula is C13H28N2O2S. The van der Waals surface area contributed by atoms with Gasteiger partial charge >= 0.3 is 0 Å². The smallest absolute Gasteiger partial charge is 0.156 e. The summed E-state index contributed by atoms with van der Waals surface area (Å²) in [6.07, 6.45) is 4.64. The number of sulfone groups is 1. The van der Waals surface area contributed by atoms with E-state index in [4.69, 9.17) is 5.73 Å². The van der Waals surface area contributed by atoms with E-state index in [0.29, 0.717) is 19.1 Å². The molecule has 0 unspecified atom stereocenters. The van der Waals surface area contributed by atoms with Crippen molar-refractivity contribution >= 4 is 9.84 Å². The van der Waals surface area contributed by atoms with Crippen molar-refractivity contribution in [2.24, 2.45) is 5.73 Å². The first-order valence-electron chi connectivity index (χ1n) is 6.94. The van der Waals surface area contributed by atoms with Crippen LogP contribution in [0.2, 0.25) is 0 Å². The van der Waals surface area contributed by atoms with Crippen molar-refractivity contribution in [3.63, 3.8) is 0 Å². The van der Waals surface area contributed by atoms with Crippen LogP contribution in [-0.2, 0) is 9.84 Å². The Bertz CT molecular complexity index is 342. The Labute approximate surface area is 112 Å². The van der Waals surface area contributed by atoms with Crippen LogP contribution in [0.15, 0.2) is 0 Å². The largest absolute Gasteiger partial charge is 0.330 e. The molecule has 0 aromatic rings. The summed E-state index contributed by atoms with van der Waals surface area (Å²) in [7, 11) is -3.01. The van der Waals surface area contributed by atoms with Crippen molar-refractivity contribution in [2.75, 3.05) is 25.4 Å². The Kier molecular flexibility index (Phi) is 5.62. The minimum absolute atomic E-state index is 0.261. The van der Waals surface area contributed by atoms with Crippen LogP contribution < -0.4 is 5.73 Å². The quantitative estimate of drug-likeness (QED) is 0.763. The summed E-state index contributed by atoms with van der Waals surface area (Å²) in [6.45, 7) is 7.59. The first-order chi connectivity index (χ1) is 8.28. The maximum absolute atomic E-state index is 12.1. The minimum atomic E-state index is -3.01. The van der Waals surface area contributed by atoms with Crippen LogP contribution in [0, 0.1) is 0 Å². The SMILES string of the molecule is CC(C)(C)S(=O)(=O)CCN(CCCN)C1CCC1. The van der Waals surface area contributed by atoms with Gasteiger partial charge < -0.3 is 5.73 Å². The number of nitrogens with zero attached hydrogens (tertiary/aromatic N) is 1. The highest BCUT2D eigenvalue weighted by atomic mass is 32.2. The fourth-order valence-electron chi connectivity index (χ4n) is 2.07. The molecule has 4 nitrogen and oxygen atoms in total. The van der Waals surface area contributed by atoms with Crippen LogP contribution in [0.1, 0.15) is 46.5 Å². The molecule has 1 aliphatic carbocycles. The molecule has 0 aromatic heterocycles. The normalized spacial score (nSPS) is 18.1. The van der Waals surface area contributed by atoms with Gasteiger partial charge in [0.15, 0.2) is 9.84 Å². The van der Waals surface area contributed by atoms with Crippen molar-refractivity contribution in [3.8, 4) is 0 Å². The molecule has 1 fully saturated rings. The van der Waals surface area contributed by atoms with Gasteiger partial charge in [0.1, 0.15) is 0 Å². The number of rotatable bonds is 7. The third kappa shape index (κ3) is 4.21. The summed E-state index contributed by atoms with van der Waals surface area (Å²) in [5.74, 6) is 0.261. The molecule has 1 rings (SSSR count). The molecule has 0 heterocycles. The van der Waals surface area contributed by atoms with Crippen LogP contribution in [-0.4, -0.2) is 49.5 Å². The monoisotopic (exact) mass is 276 g/mol. The van der Waals surface area contributed by atoms with Gasteiger partial charge in [-0.15, -0.1) is 0 Å². The molecule has 18 heavy (non-hydrogen) atoms. The third-order valence-electron chi connectivity index (χ3n) is 3.82. The van der Waals surface area contributed by atoms with Crippen molar-refractivity contribution < 1.29 is 8.42 Å². The number of hydrogen-bond donors (Lipinski definition) is 1. The average molecular weight is 276 g/mol. The van der Waals surface area contributed by atoms with Gasteiger partial charge in [-0.2, -0.15) is 0 Å². The summed E-state index contributed by atoms with van der Waals surface area (Å²) in [4.78, 5) is 2.32. The Hall–Kier alpha value is -0.130. The van der Waals surface area contributed by atoms with E-state index in [1.165, 1.54) is 19.3 Å². The summed E-state index contributed by atoms with van der Waals surface area (Å²) in [6, 6.07) is 0.590. The molecule has 108 valence electrons. The molecule has 0 spiro atoms. The molecule has 1 saturated carbocycles. The third-order valence-corrected chi connectivity index (χ3v) is 6.41. The second-order valence-corrected chi connectivity index (χ2v) is 9.06. The molecule has 0 bridgehead atoms. The van der Waals surface area contributed by atoms with E-state index in [2.05, 4.69) is 4.90 Å². The van der Waals surface area contributed by atoms with E-state index in [-0.39, 0.29) is 5.75 Å². The van der Waals surface area contributed by atoms with E-state index in [1.807, 2.05) is 0 Å². The van der Waals surface area contributed by atoms with Crippen molar-refractivity contribution in [1.82, 2.24) is 4.90 Å². The highest BCUT2D eigenvalue weighted by Gasteiger charge is 2.31. The summed E-state index contributed by atoms with van der Waals surface area (Å²) in [5, 5.41) is 0. The summed E-state index contributed by atoms with van der Waals surface area (Å²) in [5.41, 5.74) is 5.54. The van der Waals surface area contributed by atoms with Gasteiger partial charge in [0.05, 0.1) is 10.5 Å². The van der Waals surface area contributed by atoms with E-state index in [0.717, 1.165) is 13.0 Å². The van der Waals surface area contributed by atoms with E-state index in [1.54, 1.807) is 20.8 Å². The number of nitrogens with two attached hydrogens (primary N) is 1. The second kappa shape index (κ2) is 6.35. The zero-order valence-electron chi connectivity index (χ0n) is 12.0. The lowest BCUT2D eigenvalue weighted by Gasteiger charge is -2.38. The molecule has 2 N–H and O–H groups in total. The first kappa shape index (κ1) is 15.9. The highest BCUT2D eigenvalue weighted by molar-refractivity contribution is 7.92. The molecule has 0 radical (unpaired) electrons. The molecule has 0 saturated heterocycles. The van der Waals surface area contributed by atoms with Gasteiger partial charge in [0.25, 0.3) is 0 Å². The Balaban J connectivity index is 2.51. The lowest BCUT2D eigenvalue weighted by atomic mass is 9.91. The van der Waals surface area contributed by atoms with Crippen LogP contribution in [0.5, 0.6) is 0 Å². The zero-order chi connectivity index (χ0) is 13.8. The van der Waals surface area contributed by atoms with Crippen LogP contribution in [0.25, 0.3) is 0 Å². The van der Waals surface area contributed by atoms with Crippen molar-refractivity contribution in [1.29, 1.82) is 0 Å². The molecule has 0 amide bonds. The number of hydrogen-bond acceptors (Lipinski definition) is 4. The van der Waals surface area contributed by atoms with Crippen molar-refractivity contribution in [3.05, 3.63) is 0 Å². The fourth-order valence-corrected chi connectivity index (χ4v) is 3.15. The Morgan fingerprint density at radius 2 is 1.83 bits per heavy atom. The van der Waals surface area contributed by atoms with Crippen LogP contribution in [0.3, 0.4) is 0 Å². The molecule has 0 atom stereocenters. The van der Waals surface area contributed by atoms with Gasteiger partial charge in [-0.3, -0.25) is 4.90 Å². The summed E-state index contributed by atoms with van der Waals surface area (Å²) < 4.78 is 23.6. The predicted octanol–water partition coefficient (Wildman–Crippen LogP) is 1.40. The van der Waals surface area contributed by atoms with Crippen molar-refractivity contribution in [2.45, 2.75) is 57.2 Å². The molecule has 1 aliphatic rings. The van der Waals surface area contributed by atoms with Gasteiger partial charge in [-0.25, -0.2) is 8.42 Å². The fraction of sp³-hybridized carbons (Fsp3) is 1.00. The van der Waals surface area contributed by atoms with Gasteiger partial charge in [-0.1, -0.05) is 6.42 Å². The zero-order valence-corrected chi connectivity index (χ0v) is 12.8. The van der Waals surface area contributed by atoms with Gasteiger partial charge in [-0.05, 0) is 53.1 Å². The van der Waals surface area contributed by atoms with Crippen LogP contribution in [0.4, 0.5) is 0 Å². The van der Waals surface area contributed by atoms with Gasteiger partial charge in [0.2, 0.25) is 0 Å². The van der Waals surface area contributed by atoms with E-state index >= 15 is 0 Å². The molecular weight excluding hydrogens is 248 g/mol. The molecule has 0 aliphatic heterocycles.